The number of nitrogens with zero attached hydrogens (tertiary/aromatic N) is 2. The van der Waals surface area contributed by atoms with Crippen molar-refractivity contribution in [2.45, 2.75) is 18.9 Å². The molecular formula is C19H18N2O. The number of hydrogen-bond acceptors (Lipinski definition) is 3. The molecule has 1 atom stereocenters. The zero-order chi connectivity index (χ0) is 15.4. The van der Waals surface area contributed by atoms with Crippen LogP contribution in [0.4, 0.5) is 0 Å². The topological polar surface area (TPSA) is 44.1 Å². The molecule has 0 saturated carbocycles. The van der Waals surface area contributed by atoms with E-state index in [1.807, 2.05) is 36.4 Å². The molecule has 3 nitrogen and oxygen atoms in total. The van der Waals surface area contributed by atoms with Crippen molar-refractivity contribution >= 4 is 5.78 Å². The minimum atomic E-state index is -0.668. The van der Waals surface area contributed by atoms with Crippen LogP contribution in [-0.4, -0.2) is 23.8 Å². The van der Waals surface area contributed by atoms with Gasteiger partial charge in [-0.25, -0.2) is 0 Å². The summed E-state index contributed by atoms with van der Waals surface area (Å²) in [6.07, 6.45) is 0.964. The second-order valence-electron chi connectivity index (χ2n) is 5.67. The first kappa shape index (κ1) is 14.5. The van der Waals surface area contributed by atoms with E-state index in [4.69, 9.17) is 0 Å². The molecule has 0 unspecified atom stereocenters. The van der Waals surface area contributed by atoms with Crippen LogP contribution in [0.15, 0.2) is 54.6 Å². The number of Topliss-reactive ketones (excluding diaryl/α,β-unsaturated/α-hetero) is 1. The van der Waals surface area contributed by atoms with Crippen LogP contribution in [0.1, 0.15) is 22.6 Å². The van der Waals surface area contributed by atoms with E-state index in [2.05, 4.69) is 29.2 Å². The number of carbonyl (C=O) groups excluding carboxylic acids is 1. The van der Waals surface area contributed by atoms with E-state index in [9.17, 15) is 10.1 Å². The first-order valence-corrected chi connectivity index (χ1v) is 7.54. The number of rotatable bonds is 4. The average Bonchev–Trinajstić information content (AvgIpc) is 2.56. The van der Waals surface area contributed by atoms with Crippen LogP contribution in [0.5, 0.6) is 0 Å². The van der Waals surface area contributed by atoms with E-state index >= 15 is 0 Å². The average molecular weight is 290 g/mol. The van der Waals surface area contributed by atoms with Crippen molar-refractivity contribution in [1.82, 2.24) is 4.90 Å². The molecule has 22 heavy (non-hydrogen) atoms. The van der Waals surface area contributed by atoms with Crippen LogP contribution in [0.3, 0.4) is 0 Å². The van der Waals surface area contributed by atoms with E-state index in [0.29, 0.717) is 6.54 Å². The number of benzene rings is 2. The lowest BCUT2D eigenvalue weighted by molar-refractivity contribution is -0.120. The lowest BCUT2D eigenvalue weighted by atomic mass is 9.94. The Bertz CT molecular complexity index is 703. The van der Waals surface area contributed by atoms with Gasteiger partial charge >= 0.3 is 0 Å². The number of nitriles is 1. The molecule has 0 saturated heterocycles. The molecule has 2 aromatic carbocycles. The molecular weight excluding hydrogens is 272 g/mol. The van der Waals surface area contributed by atoms with Gasteiger partial charge in [0, 0.05) is 13.1 Å². The molecule has 0 aliphatic carbocycles. The maximum atomic E-state index is 12.5. The Morgan fingerprint density at radius 2 is 1.77 bits per heavy atom. The minimum Gasteiger partial charge on any atom is -0.296 e. The zero-order valence-corrected chi connectivity index (χ0v) is 12.4. The minimum absolute atomic E-state index is 0.0203. The monoisotopic (exact) mass is 290 g/mol. The third-order valence-electron chi connectivity index (χ3n) is 4.17. The van der Waals surface area contributed by atoms with E-state index in [-0.39, 0.29) is 5.78 Å². The molecule has 0 amide bonds. The van der Waals surface area contributed by atoms with Gasteiger partial charge in [-0.3, -0.25) is 9.69 Å². The van der Waals surface area contributed by atoms with Crippen molar-refractivity contribution in [1.29, 1.82) is 5.26 Å². The SMILES string of the molecule is N#C[C@H](C(=O)CN1CCc2ccccc2C1)c1ccccc1. The summed E-state index contributed by atoms with van der Waals surface area (Å²) in [6, 6.07) is 19.8. The fraction of sp³-hybridized carbons (Fsp3) is 0.263. The van der Waals surface area contributed by atoms with Gasteiger partial charge in [-0.1, -0.05) is 54.6 Å². The highest BCUT2D eigenvalue weighted by atomic mass is 16.1. The highest BCUT2D eigenvalue weighted by Gasteiger charge is 2.24. The molecule has 1 aliphatic rings. The summed E-state index contributed by atoms with van der Waals surface area (Å²) in [5, 5.41) is 9.35. The van der Waals surface area contributed by atoms with Gasteiger partial charge in [0.25, 0.3) is 0 Å². The van der Waals surface area contributed by atoms with Crippen LogP contribution in [0, 0.1) is 11.3 Å². The zero-order valence-electron chi connectivity index (χ0n) is 12.4. The van der Waals surface area contributed by atoms with E-state index in [1.54, 1.807) is 0 Å². The molecule has 0 radical (unpaired) electrons. The Morgan fingerprint density at radius 1 is 1.09 bits per heavy atom. The second kappa shape index (κ2) is 6.55. The molecule has 0 spiro atoms. The Morgan fingerprint density at radius 3 is 2.50 bits per heavy atom. The summed E-state index contributed by atoms with van der Waals surface area (Å²) in [5.41, 5.74) is 3.44. The van der Waals surface area contributed by atoms with Crippen LogP contribution < -0.4 is 0 Å². The molecule has 0 aromatic heterocycles. The largest absolute Gasteiger partial charge is 0.296 e. The third-order valence-corrected chi connectivity index (χ3v) is 4.17. The fourth-order valence-electron chi connectivity index (χ4n) is 2.98. The molecule has 2 aromatic rings. The summed E-state index contributed by atoms with van der Waals surface area (Å²) in [4.78, 5) is 14.6. The van der Waals surface area contributed by atoms with Crippen molar-refractivity contribution < 1.29 is 4.79 Å². The van der Waals surface area contributed by atoms with E-state index in [0.717, 1.165) is 25.1 Å². The van der Waals surface area contributed by atoms with Gasteiger partial charge in [-0.15, -0.1) is 0 Å². The van der Waals surface area contributed by atoms with Gasteiger partial charge < -0.3 is 0 Å². The van der Waals surface area contributed by atoms with Gasteiger partial charge in [0.1, 0.15) is 5.92 Å². The smallest absolute Gasteiger partial charge is 0.168 e. The van der Waals surface area contributed by atoms with Crippen LogP contribution >= 0.6 is 0 Å². The lowest BCUT2D eigenvalue weighted by Gasteiger charge is -2.28. The summed E-state index contributed by atoms with van der Waals surface area (Å²) in [6.45, 7) is 1.99. The van der Waals surface area contributed by atoms with Gasteiger partial charge in [0.05, 0.1) is 12.6 Å². The van der Waals surface area contributed by atoms with Crippen molar-refractivity contribution in [2.75, 3.05) is 13.1 Å². The number of fused-ring (bicyclic) bond motifs is 1. The normalized spacial score (nSPS) is 15.6. The Balaban J connectivity index is 1.69. The number of hydrogen-bond donors (Lipinski definition) is 0. The molecule has 1 aliphatic heterocycles. The molecule has 0 fully saturated rings. The summed E-state index contributed by atoms with van der Waals surface area (Å²) in [5.74, 6) is -0.688. The maximum Gasteiger partial charge on any atom is 0.168 e. The molecule has 1 heterocycles. The maximum absolute atomic E-state index is 12.5. The Kier molecular flexibility index (Phi) is 4.32. The van der Waals surface area contributed by atoms with Crippen molar-refractivity contribution in [2.24, 2.45) is 0 Å². The first-order chi connectivity index (χ1) is 10.8. The van der Waals surface area contributed by atoms with Gasteiger partial charge in [-0.05, 0) is 23.1 Å². The molecule has 3 heteroatoms. The van der Waals surface area contributed by atoms with Gasteiger partial charge in [-0.2, -0.15) is 5.26 Å². The Labute approximate surface area is 130 Å². The highest BCUT2D eigenvalue weighted by Crippen LogP contribution is 2.21. The van der Waals surface area contributed by atoms with Crippen molar-refractivity contribution in [3.8, 4) is 6.07 Å². The molecule has 3 rings (SSSR count). The van der Waals surface area contributed by atoms with Gasteiger partial charge in [0.2, 0.25) is 0 Å². The summed E-state index contributed by atoms with van der Waals surface area (Å²) in [7, 11) is 0. The van der Waals surface area contributed by atoms with Crippen LogP contribution in [0.2, 0.25) is 0 Å². The molecule has 0 N–H and O–H groups in total. The molecule has 110 valence electrons. The number of carbonyl (C=O) groups is 1. The third kappa shape index (κ3) is 3.08. The van der Waals surface area contributed by atoms with Crippen molar-refractivity contribution in [3.05, 3.63) is 71.3 Å². The van der Waals surface area contributed by atoms with Gasteiger partial charge in [0.15, 0.2) is 5.78 Å². The Hall–Kier alpha value is -2.44. The standard InChI is InChI=1S/C19H18N2O/c20-12-18(16-7-2-1-3-8-16)19(22)14-21-11-10-15-6-4-5-9-17(15)13-21/h1-9,18H,10-11,13-14H2/t18-/m0/s1. The second-order valence-corrected chi connectivity index (χ2v) is 5.67. The molecule has 0 bridgehead atoms. The predicted octanol–water partition coefficient (Wildman–Crippen LogP) is 2.92. The quantitative estimate of drug-likeness (QED) is 0.869. The van der Waals surface area contributed by atoms with E-state index < -0.39 is 5.92 Å². The number of ketones is 1. The summed E-state index contributed by atoms with van der Waals surface area (Å²) >= 11 is 0. The van der Waals surface area contributed by atoms with Crippen LogP contribution in [0.25, 0.3) is 0 Å². The van der Waals surface area contributed by atoms with E-state index in [1.165, 1.54) is 11.1 Å². The van der Waals surface area contributed by atoms with Crippen LogP contribution in [-0.2, 0) is 17.8 Å². The van der Waals surface area contributed by atoms with Crippen molar-refractivity contribution in [3.63, 3.8) is 0 Å². The highest BCUT2D eigenvalue weighted by molar-refractivity contribution is 5.90. The predicted molar refractivity (Wildman–Crippen MR) is 85.2 cm³/mol. The first-order valence-electron chi connectivity index (χ1n) is 7.54. The lowest BCUT2D eigenvalue weighted by Crippen LogP contribution is -2.36. The fourth-order valence-corrected chi connectivity index (χ4v) is 2.98. The summed E-state index contributed by atoms with van der Waals surface area (Å²) < 4.78 is 0.